The summed E-state index contributed by atoms with van der Waals surface area (Å²) in [7, 11) is 0. The molecule has 3 amide bonds. The lowest BCUT2D eigenvalue weighted by atomic mass is 10.1. The number of imide groups is 1. The maximum atomic E-state index is 13.0. The van der Waals surface area contributed by atoms with Crippen LogP contribution in [0.4, 0.5) is 17.1 Å². The molecule has 1 aliphatic heterocycles. The monoisotopic (exact) mass is 475 g/mol. The molecule has 7 nitrogen and oxygen atoms in total. The highest BCUT2D eigenvalue weighted by molar-refractivity contribution is 6.53. The van der Waals surface area contributed by atoms with Crippen LogP contribution >= 0.6 is 11.6 Å². The van der Waals surface area contributed by atoms with Crippen LogP contribution in [0.1, 0.15) is 22.8 Å². The molecule has 34 heavy (non-hydrogen) atoms. The van der Waals surface area contributed by atoms with Gasteiger partial charge < -0.3 is 15.4 Å². The van der Waals surface area contributed by atoms with Crippen molar-refractivity contribution in [2.45, 2.75) is 13.8 Å². The lowest BCUT2D eigenvalue weighted by Crippen LogP contribution is -2.32. The van der Waals surface area contributed by atoms with E-state index in [-0.39, 0.29) is 16.6 Å². The van der Waals surface area contributed by atoms with E-state index in [0.29, 0.717) is 35.0 Å². The van der Waals surface area contributed by atoms with Crippen LogP contribution < -0.4 is 20.3 Å². The minimum Gasteiger partial charge on any atom is -0.492 e. The standard InChI is InChI=1S/C26H22ClN3O4/c1-3-34-21-10-5-4-9-20(21)29-24(31)17-7-6-8-18(15-17)28-23-22(27)25(32)30(26(23)33)19-13-11-16(2)12-14-19/h4-15,28H,3H2,1-2H3,(H,29,31). The van der Waals surface area contributed by atoms with E-state index in [1.807, 2.05) is 19.9 Å². The fourth-order valence-corrected chi connectivity index (χ4v) is 3.68. The van der Waals surface area contributed by atoms with Gasteiger partial charge in [0.05, 0.1) is 18.0 Å². The molecule has 3 aromatic carbocycles. The van der Waals surface area contributed by atoms with Crippen molar-refractivity contribution in [1.29, 1.82) is 0 Å². The zero-order chi connectivity index (χ0) is 24.2. The molecule has 0 unspecified atom stereocenters. The number of hydrogen-bond donors (Lipinski definition) is 2. The lowest BCUT2D eigenvalue weighted by molar-refractivity contribution is -0.120. The van der Waals surface area contributed by atoms with Gasteiger partial charge in [-0.05, 0) is 56.3 Å². The molecule has 1 heterocycles. The van der Waals surface area contributed by atoms with Crippen LogP contribution in [0.5, 0.6) is 5.75 Å². The zero-order valence-electron chi connectivity index (χ0n) is 18.6. The first kappa shape index (κ1) is 23.1. The number of carbonyl (C=O) groups excluding carboxylic acids is 3. The molecule has 172 valence electrons. The molecular weight excluding hydrogens is 454 g/mol. The first-order valence-electron chi connectivity index (χ1n) is 10.6. The largest absolute Gasteiger partial charge is 0.492 e. The van der Waals surface area contributed by atoms with Crippen molar-refractivity contribution in [1.82, 2.24) is 0 Å². The van der Waals surface area contributed by atoms with Gasteiger partial charge in [0.25, 0.3) is 17.7 Å². The highest BCUT2D eigenvalue weighted by atomic mass is 35.5. The van der Waals surface area contributed by atoms with E-state index in [2.05, 4.69) is 10.6 Å². The van der Waals surface area contributed by atoms with Crippen LogP contribution in [0.2, 0.25) is 0 Å². The number of para-hydroxylation sites is 2. The molecule has 0 fully saturated rings. The molecule has 0 aliphatic carbocycles. The molecule has 0 radical (unpaired) electrons. The average molecular weight is 476 g/mol. The molecule has 0 bridgehead atoms. The van der Waals surface area contributed by atoms with E-state index < -0.39 is 11.8 Å². The van der Waals surface area contributed by atoms with E-state index >= 15 is 0 Å². The molecular formula is C26H22ClN3O4. The van der Waals surface area contributed by atoms with Gasteiger partial charge in [0.15, 0.2) is 0 Å². The summed E-state index contributed by atoms with van der Waals surface area (Å²) in [5.74, 6) is -0.972. The summed E-state index contributed by atoms with van der Waals surface area (Å²) in [6, 6.07) is 20.7. The fourth-order valence-electron chi connectivity index (χ4n) is 3.47. The SMILES string of the molecule is CCOc1ccccc1NC(=O)c1cccc(NC2=C(Cl)C(=O)N(c3ccc(C)cc3)C2=O)c1. The van der Waals surface area contributed by atoms with Crippen molar-refractivity contribution >= 4 is 46.4 Å². The molecule has 3 aromatic rings. The van der Waals surface area contributed by atoms with Crippen molar-refractivity contribution in [3.8, 4) is 5.75 Å². The third-order valence-corrected chi connectivity index (χ3v) is 5.50. The lowest BCUT2D eigenvalue weighted by Gasteiger charge is -2.15. The number of benzene rings is 3. The topological polar surface area (TPSA) is 87.7 Å². The smallest absolute Gasteiger partial charge is 0.283 e. The summed E-state index contributed by atoms with van der Waals surface area (Å²) in [6.45, 7) is 4.24. The summed E-state index contributed by atoms with van der Waals surface area (Å²) in [4.78, 5) is 39.5. The molecule has 2 N–H and O–H groups in total. The van der Waals surface area contributed by atoms with Crippen LogP contribution in [0.3, 0.4) is 0 Å². The Morgan fingerprint density at radius 2 is 1.71 bits per heavy atom. The highest BCUT2D eigenvalue weighted by Crippen LogP contribution is 2.30. The van der Waals surface area contributed by atoms with Crippen LogP contribution in [-0.2, 0) is 9.59 Å². The minimum atomic E-state index is -0.612. The highest BCUT2D eigenvalue weighted by Gasteiger charge is 2.38. The normalized spacial score (nSPS) is 13.3. The van der Waals surface area contributed by atoms with E-state index in [9.17, 15) is 14.4 Å². The number of aryl methyl sites for hydroxylation is 1. The fraction of sp³-hybridized carbons (Fsp3) is 0.115. The number of rotatable bonds is 7. The molecule has 8 heteroatoms. The predicted molar refractivity (Wildman–Crippen MR) is 132 cm³/mol. The summed E-state index contributed by atoms with van der Waals surface area (Å²) >= 11 is 6.22. The van der Waals surface area contributed by atoms with Gasteiger partial charge in [-0.3, -0.25) is 14.4 Å². The maximum Gasteiger partial charge on any atom is 0.283 e. The van der Waals surface area contributed by atoms with Crippen molar-refractivity contribution in [3.63, 3.8) is 0 Å². The Morgan fingerprint density at radius 3 is 2.44 bits per heavy atom. The number of carbonyl (C=O) groups is 3. The van der Waals surface area contributed by atoms with Crippen LogP contribution in [0.25, 0.3) is 0 Å². The van der Waals surface area contributed by atoms with Gasteiger partial charge in [-0.15, -0.1) is 0 Å². The summed E-state index contributed by atoms with van der Waals surface area (Å²) in [6.07, 6.45) is 0. The van der Waals surface area contributed by atoms with Crippen molar-refractivity contribution in [2.24, 2.45) is 0 Å². The number of anilines is 3. The Labute approximate surface area is 202 Å². The van der Waals surface area contributed by atoms with Crippen molar-refractivity contribution in [2.75, 3.05) is 22.1 Å². The maximum absolute atomic E-state index is 13.0. The summed E-state index contributed by atoms with van der Waals surface area (Å²) in [5.41, 5.74) is 2.71. The van der Waals surface area contributed by atoms with Gasteiger partial charge in [-0.2, -0.15) is 0 Å². The van der Waals surface area contributed by atoms with Gasteiger partial charge in [0, 0.05) is 11.3 Å². The number of nitrogens with zero attached hydrogens (tertiary/aromatic N) is 1. The second kappa shape index (κ2) is 9.80. The summed E-state index contributed by atoms with van der Waals surface area (Å²) < 4.78 is 5.55. The van der Waals surface area contributed by atoms with Gasteiger partial charge in [0.1, 0.15) is 16.5 Å². The van der Waals surface area contributed by atoms with Gasteiger partial charge >= 0.3 is 0 Å². The minimum absolute atomic E-state index is 0.0495. The predicted octanol–water partition coefficient (Wildman–Crippen LogP) is 5.08. The first-order chi connectivity index (χ1) is 16.4. The quantitative estimate of drug-likeness (QED) is 0.465. The summed E-state index contributed by atoms with van der Waals surface area (Å²) in [5, 5.41) is 5.52. The Balaban J connectivity index is 1.53. The molecule has 0 aromatic heterocycles. The Hall–Kier alpha value is -4.10. The number of ether oxygens (including phenoxy) is 1. The molecule has 1 aliphatic rings. The average Bonchev–Trinajstić information content (AvgIpc) is 3.04. The second-order valence-electron chi connectivity index (χ2n) is 7.56. The third-order valence-electron chi connectivity index (χ3n) is 5.15. The number of nitrogens with one attached hydrogen (secondary N) is 2. The van der Waals surface area contributed by atoms with Crippen molar-refractivity contribution < 1.29 is 19.1 Å². The molecule has 0 saturated carbocycles. The molecule has 0 atom stereocenters. The third kappa shape index (κ3) is 4.65. The Morgan fingerprint density at radius 1 is 0.971 bits per heavy atom. The van der Waals surface area contributed by atoms with Gasteiger partial charge in [-0.1, -0.05) is 47.5 Å². The van der Waals surface area contributed by atoms with E-state index in [4.69, 9.17) is 16.3 Å². The zero-order valence-corrected chi connectivity index (χ0v) is 19.3. The van der Waals surface area contributed by atoms with E-state index in [1.165, 1.54) is 0 Å². The second-order valence-corrected chi connectivity index (χ2v) is 7.94. The Bertz CT molecular complexity index is 1300. The van der Waals surface area contributed by atoms with Crippen LogP contribution in [0, 0.1) is 6.92 Å². The number of amides is 3. The van der Waals surface area contributed by atoms with Crippen molar-refractivity contribution in [3.05, 3.63) is 94.7 Å². The van der Waals surface area contributed by atoms with Gasteiger partial charge in [0.2, 0.25) is 0 Å². The van der Waals surface area contributed by atoms with E-state index in [1.54, 1.807) is 66.7 Å². The number of halogens is 1. The van der Waals surface area contributed by atoms with Gasteiger partial charge in [-0.25, -0.2) is 4.90 Å². The molecule has 4 rings (SSSR count). The van der Waals surface area contributed by atoms with E-state index in [0.717, 1.165) is 10.5 Å². The number of hydrogen-bond acceptors (Lipinski definition) is 5. The van der Waals surface area contributed by atoms with Crippen LogP contribution in [0.15, 0.2) is 83.5 Å². The Kier molecular flexibility index (Phi) is 6.65. The van der Waals surface area contributed by atoms with Crippen LogP contribution in [-0.4, -0.2) is 24.3 Å². The molecule has 0 spiro atoms. The molecule has 0 saturated heterocycles. The first-order valence-corrected chi connectivity index (χ1v) is 11.0.